The van der Waals surface area contributed by atoms with E-state index < -0.39 is 0 Å². The first-order chi connectivity index (χ1) is 11.0. The minimum absolute atomic E-state index is 0.0860. The first kappa shape index (κ1) is 16.1. The van der Waals surface area contributed by atoms with E-state index in [1.807, 2.05) is 32.0 Å². The number of hydrogen-bond donors (Lipinski definition) is 2. The Hall–Kier alpha value is -1.73. The van der Waals surface area contributed by atoms with Crippen LogP contribution in [0.1, 0.15) is 22.4 Å². The predicted octanol–water partition coefficient (Wildman–Crippen LogP) is 2.86. The van der Waals surface area contributed by atoms with Gasteiger partial charge in [0.1, 0.15) is 0 Å². The number of aromatic amines is 1. The van der Waals surface area contributed by atoms with Gasteiger partial charge >= 0.3 is 0 Å². The monoisotopic (exact) mass is 347 g/mol. The minimum Gasteiger partial charge on any atom is -0.325 e. The fourth-order valence-corrected chi connectivity index (χ4v) is 3.97. The van der Waals surface area contributed by atoms with Gasteiger partial charge < -0.3 is 10.3 Å². The van der Waals surface area contributed by atoms with Crippen molar-refractivity contribution < 1.29 is 4.79 Å². The van der Waals surface area contributed by atoms with Gasteiger partial charge in [-0.25, -0.2) is 4.98 Å². The molecule has 0 unspecified atom stereocenters. The molecule has 1 aliphatic heterocycles. The lowest BCUT2D eigenvalue weighted by atomic mass is 10.1. The number of aryl methyl sites for hydroxylation is 2. The lowest BCUT2D eigenvalue weighted by Gasteiger charge is -2.07. The van der Waals surface area contributed by atoms with Crippen molar-refractivity contribution in [2.75, 3.05) is 11.1 Å². The number of carbonyl (C=O) groups is 1. The zero-order chi connectivity index (χ0) is 16.4. The number of aromatic nitrogens is 2. The third-order valence-electron chi connectivity index (χ3n) is 3.70. The molecular formula is C16H17N3O2S2. The third kappa shape index (κ3) is 3.79. The molecule has 1 aromatic heterocycles. The summed E-state index contributed by atoms with van der Waals surface area (Å²) in [6.45, 7) is 4.04. The molecule has 120 valence electrons. The summed E-state index contributed by atoms with van der Waals surface area (Å²) in [5.41, 5.74) is 4.63. The molecule has 0 fully saturated rings. The van der Waals surface area contributed by atoms with Crippen LogP contribution in [0.5, 0.6) is 0 Å². The summed E-state index contributed by atoms with van der Waals surface area (Å²) in [6, 6.07) is 5.82. The minimum atomic E-state index is -0.115. The number of rotatable bonds is 4. The second-order valence-electron chi connectivity index (χ2n) is 5.43. The van der Waals surface area contributed by atoms with E-state index in [1.165, 1.54) is 17.3 Å². The summed E-state index contributed by atoms with van der Waals surface area (Å²) in [5.74, 6) is 1.58. The molecular weight excluding hydrogens is 330 g/mol. The first-order valence-electron chi connectivity index (χ1n) is 7.22. The summed E-state index contributed by atoms with van der Waals surface area (Å²) in [6.07, 6.45) is 0. The molecule has 0 aliphatic carbocycles. The van der Waals surface area contributed by atoms with E-state index in [1.54, 1.807) is 11.8 Å². The fourth-order valence-electron chi connectivity index (χ4n) is 2.26. The van der Waals surface area contributed by atoms with Gasteiger partial charge in [-0.15, -0.1) is 0 Å². The molecule has 5 nitrogen and oxygen atoms in total. The van der Waals surface area contributed by atoms with Crippen molar-refractivity contribution in [2.45, 2.75) is 30.5 Å². The zero-order valence-electron chi connectivity index (χ0n) is 12.9. The van der Waals surface area contributed by atoms with Crippen molar-refractivity contribution in [2.24, 2.45) is 0 Å². The predicted molar refractivity (Wildman–Crippen MR) is 95.1 cm³/mol. The van der Waals surface area contributed by atoms with E-state index in [0.717, 1.165) is 34.0 Å². The topological polar surface area (TPSA) is 74.8 Å². The molecule has 2 aromatic rings. The Morgan fingerprint density at radius 2 is 2.17 bits per heavy atom. The second-order valence-corrected chi connectivity index (χ2v) is 7.37. The van der Waals surface area contributed by atoms with Gasteiger partial charge in [0.2, 0.25) is 5.91 Å². The lowest BCUT2D eigenvalue weighted by Crippen LogP contribution is -2.17. The van der Waals surface area contributed by atoms with Crippen LogP contribution in [0.15, 0.2) is 28.2 Å². The maximum absolute atomic E-state index is 12.0. The average Bonchev–Trinajstić information content (AvgIpc) is 2.98. The molecule has 1 aliphatic rings. The van der Waals surface area contributed by atoms with Crippen LogP contribution < -0.4 is 10.9 Å². The molecule has 1 aromatic carbocycles. The summed E-state index contributed by atoms with van der Waals surface area (Å²) in [7, 11) is 0. The highest BCUT2D eigenvalue weighted by molar-refractivity contribution is 7.99. The normalized spacial score (nSPS) is 13.0. The largest absolute Gasteiger partial charge is 0.325 e. The van der Waals surface area contributed by atoms with E-state index in [2.05, 4.69) is 15.3 Å². The van der Waals surface area contributed by atoms with Crippen molar-refractivity contribution >= 4 is 35.1 Å². The Morgan fingerprint density at radius 3 is 2.96 bits per heavy atom. The second kappa shape index (κ2) is 6.80. The molecule has 0 atom stereocenters. The number of hydrogen-bond acceptors (Lipinski definition) is 5. The van der Waals surface area contributed by atoms with Crippen molar-refractivity contribution in [3.63, 3.8) is 0 Å². The van der Waals surface area contributed by atoms with Gasteiger partial charge in [-0.2, -0.15) is 11.8 Å². The van der Waals surface area contributed by atoms with Gasteiger partial charge in [0.15, 0.2) is 5.16 Å². The van der Waals surface area contributed by atoms with Crippen LogP contribution in [-0.4, -0.2) is 21.6 Å². The smallest absolute Gasteiger partial charge is 0.255 e. The SMILES string of the molecule is Cc1ccc(NC(=O)CSc2nc3c(c(=O)[nH]2)CSC3)cc1C. The molecule has 23 heavy (non-hydrogen) atoms. The van der Waals surface area contributed by atoms with Gasteiger partial charge in [-0.05, 0) is 37.1 Å². The number of anilines is 1. The number of fused-ring (bicyclic) bond motifs is 1. The zero-order valence-corrected chi connectivity index (χ0v) is 14.6. The Balaban J connectivity index is 1.62. The number of carbonyl (C=O) groups excluding carboxylic acids is 1. The Kier molecular flexibility index (Phi) is 4.77. The van der Waals surface area contributed by atoms with Crippen LogP contribution in [0.2, 0.25) is 0 Å². The van der Waals surface area contributed by atoms with Crippen LogP contribution in [0.4, 0.5) is 5.69 Å². The highest BCUT2D eigenvalue weighted by atomic mass is 32.2. The molecule has 7 heteroatoms. The number of H-pyrrole nitrogens is 1. The first-order valence-corrected chi connectivity index (χ1v) is 9.36. The number of thioether (sulfide) groups is 2. The van der Waals surface area contributed by atoms with Crippen molar-refractivity contribution in [1.82, 2.24) is 9.97 Å². The van der Waals surface area contributed by atoms with E-state index >= 15 is 0 Å². The highest BCUT2D eigenvalue weighted by Gasteiger charge is 2.18. The Morgan fingerprint density at radius 1 is 1.35 bits per heavy atom. The lowest BCUT2D eigenvalue weighted by molar-refractivity contribution is -0.113. The number of nitrogens with zero attached hydrogens (tertiary/aromatic N) is 1. The highest BCUT2D eigenvalue weighted by Crippen LogP contribution is 2.26. The van der Waals surface area contributed by atoms with E-state index in [0.29, 0.717) is 5.16 Å². The fraction of sp³-hybridized carbons (Fsp3) is 0.312. The Bertz CT molecular complexity index is 817. The van der Waals surface area contributed by atoms with E-state index in [9.17, 15) is 9.59 Å². The average molecular weight is 347 g/mol. The molecule has 1 amide bonds. The Labute approximate surface area is 142 Å². The number of benzene rings is 1. The maximum atomic E-state index is 12.0. The van der Waals surface area contributed by atoms with Crippen LogP contribution in [0, 0.1) is 13.8 Å². The molecule has 0 bridgehead atoms. The van der Waals surface area contributed by atoms with Crippen LogP contribution in [-0.2, 0) is 16.3 Å². The van der Waals surface area contributed by atoms with Crippen molar-refractivity contribution in [1.29, 1.82) is 0 Å². The van der Waals surface area contributed by atoms with Crippen LogP contribution >= 0.6 is 23.5 Å². The summed E-state index contributed by atoms with van der Waals surface area (Å²) in [4.78, 5) is 31.1. The van der Waals surface area contributed by atoms with Gasteiger partial charge in [-0.1, -0.05) is 17.8 Å². The quantitative estimate of drug-likeness (QED) is 0.657. The summed E-state index contributed by atoms with van der Waals surface area (Å²) in [5, 5.41) is 3.37. The van der Waals surface area contributed by atoms with E-state index in [-0.39, 0.29) is 17.2 Å². The van der Waals surface area contributed by atoms with E-state index in [4.69, 9.17) is 0 Å². The van der Waals surface area contributed by atoms with Gasteiger partial charge in [0.05, 0.1) is 11.4 Å². The van der Waals surface area contributed by atoms with Crippen LogP contribution in [0.3, 0.4) is 0 Å². The number of nitrogens with one attached hydrogen (secondary N) is 2. The standard InChI is InChI=1S/C16H17N3O2S2/c1-9-3-4-11(5-10(9)2)17-14(20)8-23-16-18-13-7-22-6-12(13)15(21)19-16/h3-5H,6-8H2,1-2H3,(H,17,20)(H,18,19,21). The number of amides is 1. The molecule has 3 rings (SSSR count). The molecule has 2 N–H and O–H groups in total. The maximum Gasteiger partial charge on any atom is 0.255 e. The summed E-state index contributed by atoms with van der Waals surface area (Å²) >= 11 is 2.93. The molecule has 2 heterocycles. The van der Waals surface area contributed by atoms with Crippen molar-refractivity contribution in [3.8, 4) is 0 Å². The van der Waals surface area contributed by atoms with Gasteiger partial charge in [-0.3, -0.25) is 9.59 Å². The van der Waals surface area contributed by atoms with Gasteiger partial charge in [0, 0.05) is 22.8 Å². The molecule has 0 saturated carbocycles. The molecule has 0 radical (unpaired) electrons. The molecule has 0 saturated heterocycles. The van der Waals surface area contributed by atoms with Gasteiger partial charge in [0.25, 0.3) is 5.56 Å². The van der Waals surface area contributed by atoms with Crippen LogP contribution in [0.25, 0.3) is 0 Å². The summed E-state index contributed by atoms with van der Waals surface area (Å²) < 4.78 is 0. The third-order valence-corrected chi connectivity index (χ3v) is 5.54. The van der Waals surface area contributed by atoms with Crippen molar-refractivity contribution in [3.05, 3.63) is 50.9 Å². The molecule has 0 spiro atoms.